The van der Waals surface area contributed by atoms with Gasteiger partial charge in [0.25, 0.3) is 10.0 Å². The van der Waals surface area contributed by atoms with E-state index in [9.17, 15) is 8.42 Å². The highest BCUT2D eigenvalue weighted by molar-refractivity contribution is 7.89. The van der Waals surface area contributed by atoms with E-state index in [0.29, 0.717) is 12.8 Å². The van der Waals surface area contributed by atoms with Gasteiger partial charge in [0, 0.05) is 11.4 Å². The van der Waals surface area contributed by atoms with Crippen molar-refractivity contribution in [1.82, 2.24) is 14.9 Å². The molecule has 1 aromatic rings. The molecule has 5 nitrogen and oxygen atoms in total. The number of hydrogen-bond donors (Lipinski definition) is 2. The highest BCUT2D eigenvalue weighted by atomic mass is 35.5. The maximum Gasteiger partial charge on any atom is 0.257 e. The van der Waals surface area contributed by atoms with Crippen molar-refractivity contribution in [2.75, 3.05) is 0 Å². The third kappa shape index (κ3) is 1.92. The van der Waals surface area contributed by atoms with Crippen LogP contribution in [0.25, 0.3) is 0 Å². The lowest BCUT2D eigenvalue weighted by molar-refractivity contribution is 0.390. The first-order valence-electron chi connectivity index (χ1n) is 4.24. The molecular formula is C7H10ClN3O2S. The monoisotopic (exact) mass is 235 g/mol. The van der Waals surface area contributed by atoms with E-state index in [-0.39, 0.29) is 16.4 Å². The van der Waals surface area contributed by atoms with Gasteiger partial charge in [-0.15, -0.1) is 11.6 Å². The smallest absolute Gasteiger partial charge is 0.257 e. The molecule has 1 heterocycles. The molecule has 0 atom stereocenters. The average Bonchev–Trinajstić information content (AvgIpc) is 2.52. The lowest BCUT2D eigenvalue weighted by Gasteiger charge is -2.30. The second-order valence-corrected chi connectivity index (χ2v) is 5.61. The number of alkyl halides is 1. The Morgan fingerprint density at radius 1 is 1.57 bits per heavy atom. The van der Waals surface area contributed by atoms with Crippen molar-refractivity contribution < 1.29 is 8.42 Å². The fourth-order valence-electron chi connectivity index (χ4n) is 1.32. The lowest BCUT2D eigenvalue weighted by Crippen LogP contribution is -2.44. The van der Waals surface area contributed by atoms with Crippen LogP contribution in [0, 0.1) is 0 Å². The Morgan fingerprint density at radius 2 is 2.29 bits per heavy atom. The molecule has 0 bridgehead atoms. The molecule has 0 unspecified atom stereocenters. The van der Waals surface area contributed by atoms with Crippen molar-refractivity contribution in [2.24, 2.45) is 0 Å². The number of rotatable bonds is 3. The summed E-state index contributed by atoms with van der Waals surface area (Å²) < 4.78 is 25.7. The van der Waals surface area contributed by atoms with Crippen molar-refractivity contribution in [3.05, 3.63) is 12.3 Å². The molecular weight excluding hydrogens is 226 g/mol. The molecule has 14 heavy (non-hydrogen) atoms. The lowest BCUT2D eigenvalue weighted by atomic mass is 9.94. The van der Waals surface area contributed by atoms with Gasteiger partial charge in [0.05, 0.1) is 6.20 Å². The number of sulfonamides is 1. The van der Waals surface area contributed by atoms with Crippen LogP contribution in [0.2, 0.25) is 0 Å². The number of hydrogen-bond acceptors (Lipinski definition) is 3. The maximum atomic E-state index is 11.6. The summed E-state index contributed by atoms with van der Waals surface area (Å²) in [5.74, 6) is 0. The summed E-state index contributed by atoms with van der Waals surface area (Å²) >= 11 is 5.74. The van der Waals surface area contributed by atoms with Gasteiger partial charge in [-0.25, -0.2) is 13.1 Å². The largest absolute Gasteiger partial charge is 0.266 e. The molecule has 0 amide bonds. The Labute approximate surface area is 86.9 Å². The van der Waals surface area contributed by atoms with E-state index in [2.05, 4.69) is 14.9 Å². The molecule has 0 radical (unpaired) electrons. The summed E-state index contributed by atoms with van der Waals surface area (Å²) in [6.07, 6.45) is 2.78. The Hall–Kier alpha value is -0.590. The zero-order valence-corrected chi connectivity index (χ0v) is 8.85. The van der Waals surface area contributed by atoms with Crippen LogP contribution in [0.4, 0.5) is 0 Å². The van der Waals surface area contributed by atoms with E-state index >= 15 is 0 Å². The average molecular weight is 236 g/mol. The third-order valence-electron chi connectivity index (χ3n) is 2.17. The zero-order valence-electron chi connectivity index (χ0n) is 7.27. The highest BCUT2D eigenvalue weighted by Crippen LogP contribution is 2.26. The van der Waals surface area contributed by atoms with E-state index < -0.39 is 10.0 Å². The van der Waals surface area contributed by atoms with Gasteiger partial charge in [-0.1, -0.05) is 0 Å². The molecule has 1 fully saturated rings. The summed E-state index contributed by atoms with van der Waals surface area (Å²) in [4.78, 5) is 0. The molecule has 0 aromatic carbocycles. The van der Waals surface area contributed by atoms with Gasteiger partial charge in [-0.2, -0.15) is 5.10 Å². The second-order valence-electron chi connectivity index (χ2n) is 3.31. The quantitative estimate of drug-likeness (QED) is 0.748. The first-order chi connectivity index (χ1) is 6.58. The summed E-state index contributed by atoms with van der Waals surface area (Å²) in [6, 6.07) is 1.38. The van der Waals surface area contributed by atoms with Crippen LogP contribution in [0.15, 0.2) is 17.3 Å². The van der Waals surface area contributed by atoms with Gasteiger partial charge in [-0.05, 0) is 18.9 Å². The van der Waals surface area contributed by atoms with E-state index in [4.69, 9.17) is 11.6 Å². The second kappa shape index (κ2) is 3.52. The van der Waals surface area contributed by atoms with E-state index in [0.717, 1.165) is 0 Å². The van der Waals surface area contributed by atoms with Gasteiger partial charge in [-0.3, -0.25) is 5.10 Å². The summed E-state index contributed by atoms with van der Waals surface area (Å²) in [5.41, 5.74) is 0. The van der Waals surface area contributed by atoms with Gasteiger partial charge in [0.15, 0.2) is 5.03 Å². The molecule has 2 rings (SSSR count). The highest BCUT2D eigenvalue weighted by Gasteiger charge is 2.31. The Kier molecular flexibility index (Phi) is 2.50. The number of nitrogens with zero attached hydrogens (tertiary/aromatic N) is 1. The predicted octanol–water partition coefficient (Wildman–Crippen LogP) is 0.458. The molecule has 1 aromatic heterocycles. The fraction of sp³-hybridized carbons (Fsp3) is 0.571. The zero-order chi connectivity index (χ0) is 10.2. The number of H-pyrrole nitrogens is 1. The van der Waals surface area contributed by atoms with E-state index in [1.54, 1.807) is 0 Å². The Bertz CT molecular complexity index is 397. The van der Waals surface area contributed by atoms with Crippen molar-refractivity contribution in [1.29, 1.82) is 0 Å². The minimum Gasteiger partial charge on any atom is -0.266 e. The molecule has 0 aliphatic heterocycles. The first kappa shape index (κ1) is 9.95. The predicted molar refractivity (Wildman–Crippen MR) is 51.6 cm³/mol. The van der Waals surface area contributed by atoms with Crippen molar-refractivity contribution in [3.63, 3.8) is 0 Å². The summed E-state index contributed by atoms with van der Waals surface area (Å²) in [6.45, 7) is 0. The number of aromatic amines is 1. The number of halogens is 1. The third-order valence-corrected chi connectivity index (χ3v) is 3.97. The topological polar surface area (TPSA) is 74.8 Å². The molecule has 0 saturated heterocycles. The van der Waals surface area contributed by atoms with Crippen LogP contribution in [0.5, 0.6) is 0 Å². The van der Waals surface area contributed by atoms with Gasteiger partial charge < -0.3 is 0 Å². The molecule has 7 heteroatoms. The molecule has 78 valence electrons. The summed E-state index contributed by atoms with van der Waals surface area (Å²) in [5, 5.41) is 6.19. The Morgan fingerprint density at radius 3 is 2.79 bits per heavy atom. The van der Waals surface area contributed by atoms with Gasteiger partial charge in [0.1, 0.15) is 0 Å². The maximum absolute atomic E-state index is 11.6. The van der Waals surface area contributed by atoms with Crippen LogP contribution in [0.3, 0.4) is 0 Å². The van der Waals surface area contributed by atoms with Crippen molar-refractivity contribution >= 4 is 21.6 Å². The molecule has 1 aliphatic carbocycles. The Balaban J connectivity index is 2.04. The van der Waals surface area contributed by atoms with Crippen LogP contribution in [-0.2, 0) is 10.0 Å². The summed E-state index contributed by atoms with van der Waals surface area (Å²) in [7, 11) is -3.43. The van der Waals surface area contributed by atoms with Crippen LogP contribution >= 0.6 is 11.6 Å². The normalized spacial score (nSPS) is 27.2. The SMILES string of the molecule is O=S(=O)(NC1CC(Cl)C1)c1ccn[nH]1. The van der Waals surface area contributed by atoms with Gasteiger partial charge >= 0.3 is 0 Å². The van der Waals surface area contributed by atoms with Gasteiger partial charge in [0.2, 0.25) is 0 Å². The first-order valence-corrected chi connectivity index (χ1v) is 6.15. The van der Waals surface area contributed by atoms with E-state index in [1.165, 1.54) is 12.3 Å². The molecule has 2 N–H and O–H groups in total. The number of nitrogens with one attached hydrogen (secondary N) is 2. The fourth-order valence-corrected chi connectivity index (χ4v) is 2.92. The van der Waals surface area contributed by atoms with Crippen LogP contribution in [-0.4, -0.2) is 30.0 Å². The minimum atomic E-state index is -3.43. The number of aromatic nitrogens is 2. The standard InChI is InChI=1S/C7H10ClN3O2S/c8-5-3-6(4-5)11-14(12,13)7-1-2-9-10-7/h1-2,5-6,11H,3-4H2,(H,9,10). The van der Waals surface area contributed by atoms with Crippen LogP contribution < -0.4 is 4.72 Å². The van der Waals surface area contributed by atoms with E-state index in [1.807, 2.05) is 0 Å². The van der Waals surface area contributed by atoms with Crippen LogP contribution in [0.1, 0.15) is 12.8 Å². The van der Waals surface area contributed by atoms with Crippen molar-refractivity contribution in [3.8, 4) is 0 Å². The molecule has 1 aliphatic rings. The molecule has 0 spiro atoms. The van der Waals surface area contributed by atoms with Crippen molar-refractivity contribution in [2.45, 2.75) is 29.3 Å². The molecule has 1 saturated carbocycles. The minimum absolute atomic E-state index is 0.0363.